The van der Waals surface area contributed by atoms with Crippen LogP contribution in [0.2, 0.25) is 0 Å². The SMILES string of the molecule is Cc1c(-c2ccc(N)c(O)c2C)ccc(N)c1O. The topological polar surface area (TPSA) is 92.5 Å². The van der Waals surface area contributed by atoms with Gasteiger partial charge in [0.2, 0.25) is 0 Å². The number of hydrogen-bond donors (Lipinski definition) is 4. The Labute approximate surface area is 105 Å². The molecule has 0 bridgehead atoms. The fraction of sp³-hybridized carbons (Fsp3) is 0.143. The molecule has 0 saturated carbocycles. The number of hydrogen-bond acceptors (Lipinski definition) is 4. The van der Waals surface area contributed by atoms with Crippen molar-refractivity contribution in [3.8, 4) is 22.6 Å². The van der Waals surface area contributed by atoms with E-state index in [0.717, 1.165) is 11.1 Å². The first kappa shape index (κ1) is 12.1. The van der Waals surface area contributed by atoms with Gasteiger partial charge in [-0.3, -0.25) is 0 Å². The highest BCUT2D eigenvalue weighted by molar-refractivity contribution is 5.79. The standard InChI is InChI=1S/C14H16N2O2/c1-7-9(3-5-11(15)13(7)17)10-4-6-12(16)14(18)8(10)2/h3-6,17-18H,15-16H2,1-2H3. The first-order valence-electron chi connectivity index (χ1n) is 5.60. The molecular weight excluding hydrogens is 228 g/mol. The zero-order chi connectivity index (χ0) is 13.4. The summed E-state index contributed by atoms with van der Waals surface area (Å²) in [5, 5.41) is 19.7. The van der Waals surface area contributed by atoms with Crippen LogP contribution in [-0.2, 0) is 0 Å². The molecule has 2 aromatic rings. The number of anilines is 2. The third kappa shape index (κ3) is 1.72. The highest BCUT2D eigenvalue weighted by atomic mass is 16.3. The van der Waals surface area contributed by atoms with Crippen LogP contribution in [0, 0.1) is 13.8 Å². The first-order chi connectivity index (χ1) is 8.43. The number of nitrogen functional groups attached to an aromatic ring is 2. The van der Waals surface area contributed by atoms with Crippen molar-refractivity contribution in [2.45, 2.75) is 13.8 Å². The molecule has 0 aromatic heterocycles. The lowest BCUT2D eigenvalue weighted by atomic mass is 9.94. The number of rotatable bonds is 1. The van der Waals surface area contributed by atoms with E-state index in [9.17, 15) is 10.2 Å². The lowest BCUT2D eigenvalue weighted by Gasteiger charge is -2.14. The molecule has 4 heteroatoms. The van der Waals surface area contributed by atoms with Crippen LogP contribution < -0.4 is 11.5 Å². The van der Waals surface area contributed by atoms with E-state index >= 15 is 0 Å². The molecule has 0 aliphatic carbocycles. The molecule has 2 aromatic carbocycles. The van der Waals surface area contributed by atoms with E-state index in [-0.39, 0.29) is 11.5 Å². The van der Waals surface area contributed by atoms with Gasteiger partial charge in [-0.15, -0.1) is 0 Å². The molecule has 2 rings (SSSR count). The molecule has 0 heterocycles. The van der Waals surface area contributed by atoms with E-state index in [4.69, 9.17) is 11.5 Å². The third-order valence-corrected chi connectivity index (χ3v) is 3.21. The van der Waals surface area contributed by atoms with Crippen molar-refractivity contribution in [1.29, 1.82) is 0 Å². The van der Waals surface area contributed by atoms with Gasteiger partial charge in [-0.25, -0.2) is 0 Å². The molecule has 0 radical (unpaired) electrons. The van der Waals surface area contributed by atoms with Gasteiger partial charge in [0.15, 0.2) is 0 Å². The molecule has 0 fully saturated rings. The van der Waals surface area contributed by atoms with Crippen LogP contribution in [0.4, 0.5) is 11.4 Å². The minimum atomic E-state index is 0.0724. The lowest BCUT2D eigenvalue weighted by Crippen LogP contribution is -1.94. The summed E-state index contributed by atoms with van der Waals surface area (Å²) in [6.45, 7) is 3.57. The minimum absolute atomic E-state index is 0.0724. The fourth-order valence-corrected chi connectivity index (χ4v) is 2.03. The number of nitrogens with two attached hydrogens (primary N) is 2. The lowest BCUT2D eigenvalue weighted by molar-refractivity contribution is 0.472. The Morgan fingerprint density at radius 3 is 1.39 bits per heavy atom. The average Bonchev–Trinajstić information content (AvgIpc) is 2.35. The Balaban J connectivity index is 2.71. The van der Waals surface area contributed by atoms with Gasteiger partial charge in [0.05, 0.1) is 11.4 Å². The summed E-state index contributed by atoms with van der Waals surface area (Å²) in [7, 11) is 0. The maximum atomic E-state index is 9.85. The van der Waals surface area contributed by atoms with Gasteiger partial charge in [0.1, 0.15) is 11.5 Å². The van der Waals surface area contributed by atoms with Crippen molar-refractivity contribution in [2.24, 2.45) is 0 Å². The summed E-state index contributed by atoms with van der Waals surface area (Å²) in [5.74, 6) is 0.145. The predicted octanol–water partition coefficient (Wildman–Crippen LogP) is 2.55. The minimum Gasteiger partial charge on any atom is -0.505 e. The van der Waals surface area contributed by atoms with Gasteiger partial charge >= 0.3 is 0 Å². The molecule has 0 amide bonds. The molecule has 6 N–H and O–H groups in total. The zero-order valence-corrected chi connectivity index (χ0v) is 10.4. The fourth-order valence-electron chi connectivity index (χ4n) is 2.03. The van der Waals surface area contributed by atoms with Crippen LogP contribution in [0.25, 0.3) is 11.1 Å². The van der Waals surface area contributed by atoms with E-state index < -0.39 is 0 Å². The summed E-state index contributed by atoms with van der Waals surface area (Å²) in [4.78, 5) is 0. The monoisotopic (exact) mass is 244 g/mol. The maximum absolute atomic E-state index is 9.85. The van der Waals surface area contributed by atoms with E-state index in [1.54, 1.807) is 26.0 Å². The van der Waals surface area contributed by atoms with Crippen LogP contribution in [0.3, 0.4) is 0 Å². The highest BCUT2D eigenvalue weighted by Crippen LogP contribution is 2.38. The molecular formula is C14H16N2O2. The number of phenols is 2. The average molecular weight is 244 g/mol. The highest BCUT2D eigenvalue weighted by Gasteiger charge is 2.13. The van der Waals surface area contributed by atoms with Gasteiger partial charge < -0.3 is 21.7 Å². The summed E-state index contributed by atoms with van der Waals surface area (Å²) >= 11 is 0. The van der Waals surface area contributed by atoms with Crippen LogP contribution in [-0.4, -0.2) is 10.2 Å². The van der Waals surface area contributed by atoms with Gasteiger partial charge in [-0.2, -0.15) is 0 Å². The quantitative estimate of drug-likeness (QED) is 0.458. The van der Waals surface area contributed by atoms with Crippen LogP contribution >= 0.6 is 0 Å². The Morgan fingerprint density at radius 1 is 0.722 bits per heavy atom. The van der Waals surface area contributed by atoms with Crippen molar-refractivity contribution in [2.75, 3.05) is 11.5 Å². The van der Waals surface area contributed by atoms with Gasteiger partial charge in [0.25, 0.3) is 0 Å². The second-order valence-electron chi connectivity index (χ2n) is 4.35. The van der Waals surface area contributed by atoms with Gasteiger partial charge in [-0.1, -0.05) is 12.1 Å². The summed E-state index contributed by atoms with van der Waals surface area (Å²) < 4.78 is 0. The number of phenolic OH excluding ortho intramolecular Hbond substituents is 2. The van der Waals surface area contributed by atoms with Crippen LogP contribution in [0.5, 0.6) is 11.5 Å². The van der Waals surface area contributed by atoms with Gasteiger partial charge in [0, 0.05) is 11.1 Å². The number of benzene rings is 2. The summed E-state index contributed by atoms with van der Waals surface area (Å²) in [6, 6.07) is 6.93. The van der Waals surface area contributed by atoms with E-state index in [0.29, 0.717) is 22.5 Å². The molecule has 18 heavy (non-hydrogen) atoms. The largest absolute Gasteiger partial charge is 0.505 e. The van der Waals surface area contributed by atoms with E-state index in [1.165, 1.54) is 0 Å². The smallest absolute Gasteiger partial charge is 0.141 e. The number of aromatic hydroxyl groups is 2. The van der Waals surface area contributed by atoms with Crippen molar-refractivity contribution in [3.05, 3.63) is 35.4 Å². The Kier molecular flexibility index (Phi) is 2.79. The summed E-state index contributed by atoms with van der Waals surface area (Å²) in [5.41, 5.74) is 15.0. The second-order valence-corrected chi connectivity index (χ2v) is 4.35. The molecule has 0 spiro atoms. The van der Waals surface area contributed by atoms with Crippen molar-refractivity contribution in [1.82, 2.24) is 0 Å². The molecule has 94 valence electrons. The maximum Gasteiger partial charge on any atom is 0.141 e. The van der Waals surface area contributed by atoms with Crippen molar-refractivity contribution in [3.63, 3.8) is 0 Å². The second kappa shape index (κ2) is 4.14. The molecule has 0 saturated heterocycles. The zero-order valence-electron chi connectivity index (χ0n) is 10.4. The van der Waals surface area contributed by atoms with E-state index in [1.807, 2.05) is 12.1 Å². The normalized spacial score (nSPS) is 10.6. The Hall–Kier alpha value is -2.36. The van der Waals surface area contributed by atoms with Crippen molar-refractivity contribution >= 4 is 11.4 Å². The van der Waals surface area contributed by atoms with E-state index in [2.05, 4.69) is 0 Å². The molecule has 0 aliphatic heterocycles. The third-order valence-electron chi connectivity index (χ3n) is 3.21. The predicted molar refractivity (Wildman–Crippen MR) is 73.5 cm³/mol. The van der Waals surface area contributed by atoms with Crippen molar-refractivity contribution < 1.29 is 10.2 Å². The Bertz CT molecular complexity index is 566. The summed E-state index contributed by atoms with van der Waals surface area (Å²) in [6.07, 6.45) is 0. The molecule has 0 aliphatic rings. The molecule has 0 unspecified atom stereocenters. The molecule has 4 nitrogen and oxygen atoms in total. The van der Waals surface area contributed by atoms with Crippen LogP contribution in [0.1, 0.15) is 11.1 Å². The van der Waals surface area contributed by atoms with Crippen LogP contribution in [0.15, 0.2) is 24.3 Å². The van der Waals surface area contributed by atoms with Gasteiger partial charge in [-0.05, 0) is 37.1 Å². The first-order valence-corrected chi connectivity index (χ1v) is 5.60. The molecule has 0 atom stereocenters. The Morgan fingerprint density at radius 2 is 1.06 bits per heavy atom.